The first-order valence-corrected chi connectivity index (χ1v) is 11.2. The Hall–Kier alpha value is -3.19. The van der Waals surface area contributed by atoms with Gasteiger partial charge in [0.2, 0.25) is 0 Å². The van der Waals surface area contributed by atoms with Crippen LogP contribution in [0.1, 0.15) is 50.8 Å². The molecule has 2 amide bonds. The minimum Gasteiger partial charge on any atom is -0.454 e. The lowest BCUT2D eigenvalue weighted by atomic mass is 9.93. The van der Waals surface area contributed by atoms with Crippen molar-refractivity contribution in [3.63, 3.8) is 0 Å². The normalized spacial score (nSPS) is 22.9. The summed E-state index contributed by atoms with van der Waals surface area (Å²) in [7, 11) is 0. The maximum atomic E-state index is 13.1. The molecule has 166 valence electrons. The van der Waals surface area contributed by atoms with Crippen molar-refractivity contribution in [1.82, 2.24) is 9.80 Å². The van der Waals surface area contributed by atoms with E-state index < -0.39 is 0 Å². The number of carbonyl (C=O) groups excluding carboxylic acids is 3. The molecule has 0 unspecified atom stereocenters. The summed E-state index contributed by atoms with van der Waals surface area (Å²) in [6, 6.07) is 14.8. The van der Waals surface area contributed by atoms with Gasteiger partial charge in [0.25, 0.3) is 11.8 Å². The minimum atomic E-state index is -0.361. The number of esters is 1. The molecule has 0 spiro atoms. The van der Waals surface area contributed by atoms with Crippen molar-refractivity contribution in [2.45, 2.75) is 31.5 Å². The first kappa shape index (κ1) is 20.7. The van der Waals surface area contributed by atoms with E-state index in [1.807, 2.05) is 36.4 Å². The molecule has 2 fully saturated rings. The first-order valence-electron chi connectivity index (χ1n) is 11.2. The van der Waals surface area contributed by atoms with Crippen molar-refractivity contribution in [2.24, 2.45) is 0 Å². The molecule has 3 aliphatic heterocycles. The number of fused-ring (bicyclic) bond motifs is 1. The smallest absolute Gasteiger partial charge is 0.339 e. The molecule has 0 N–H and O–H groups in total. The average Bonchev–Trinajstić information content (AvgIpc) is 3.38. The van der Waals surface area contributed by atoms with Crippen LogP contribution in [0.15, 0.2) is 48.5 Å². The number of carbonyl (C=O) groups is 3. The van der Waals surface area contributed by atoms with Gasteiger partial charge in [-0.05, 0) is 42.2 Å². The zero-order chi connectivity index (χ0) is 22.1. The fraction of sp³-hybridized carbons (Fsp3) is 0.400. The summed E-state index contributed by atoms with van der Waals surface area (Å²) in [5, 5.41) is 0. The van der Waals surface area contributed by atoms with Gasteiger partial charge in [0.05, 0.1) is 5.56 Å². The minimum absolute atomic E-state index is 0.0360. The molecule has 7 nitrogen and oxygen atoms in total. The van der Waals surface area contributed by atoms with Crippen molar-refractivity contribution < 1.29 is 23.9 Å². The molecule has 5 rings (SSSR count). The van der Waals surface area contributed by atoms with Gasteiger partial charge >= 0.3 is 5.97 Å². The third-order valence-corrected chi connectivity index (χ3v) is 6.48. The molecule has 2 aromatic carbocycles. The van der Waals surface area contributed by atoms with Crippen LogP contribution in [0.25, 0.3) is 0 Å². The number of piperazine rings is 1. The van der Waals surface area contributed by atoms with Gasteiger partial charge in [0.15, 0.2) is 0 Å². The lowest BCUT2D eigenvalue weighted by Gasteiger charge is -2.36. The summed E-state index contributed by atoms with van der Waals surface area (Å²) in [5.74, 6) is -0.401. The summed E-state index contributed by atoms with van der Waals surface area (Å²) < 4.78 is 11.1. The predicted molar refractivity (Wildman–Crippen MR) is 116 cm³/mol. The lowest BCUT2D eigenvalue weighted by molar-refractivity contribution is -0.142. The second kappa shape index (κ2) is 8.74. The van der Waals surface area contributed by atoms with Gasteiger partial charge in [-0.1, -0.05) is 30.3 Å². The van der Waals surface area contributed by atoms with E-state index in [1.165, 1.54) is 0 Å². The molecule has 3 heterocycles. The van der Waals surface area contributed by atoms with Crippen molar-refractivity contribution in [1.29, 1.82) is 0 Å². The quantitative estimate of drug-likeness (QED) is 0.694. The van der Waals surface area contributed by atoms with Crippen LogP contribution in [0, 0.1) is 0 Å². The van der Waals surface area contributed by atoms with E-state index in [2.05, 4.69) is 0 Å². The molecule has 0 aromatic heterocycles. The zero-order valence-corrected chi connectivity index (χ0v) is 17.9. The number of hydrogen-bond acceptors (Lipinski definition) is 5. The zero-order valence-electron chi connectivity index (χ0n) is 17.9. The summed E-state index contributed by atoms with van der Waals surface area (Å²) in [5.41, 5.74) is 2.84. The fourth-order valence-electron chi connectivity index (χ4n) is 4.67. The van der Waals surface area contributed by atoms with Crippen LogP contribution < -0.4 is 0 Å². The second-order valence-electron chi connectivity index (χ2n) is 8.50. The molecule has 0 bridgehead atoms. The molecule has 0 radical (unpaired) electrons. The topological polar surface area (TPSA) is 76.2 Å². The summed E-state index contributed by atoms with van der Waals surface area (Å²) in [6.07, 6.45) is 1.56. The number of ether oxygens (including phenoxy) is 2. The van der Waals surface area contributed by atoms with Crippen LogP contribution >= 0.6 is 0 Å². The molecule has 2 aromatic rings. The van der Waals surface area contributed by atoms with Gasteiger partial charge in [-0.3, -0.25) is 9.59 Å². The van der Waals surface area contributed by atoms with Crippen LogP contribution in [-0.2, 0) is 20.7 Å². The molecular formula is C25H26N2O5. The van der Waals surface area contributed by atoms with Crippen LogP contribution in [0.4, 0.5) is 0 Å². The maximum Gasteiger partial charge on any atom is 0.339 e. The van der Waals surface area contributed by atoms with Crippen LogP contribution in [0.5, 0.6) is 0 Å². The Balaban J connectivity index is 1.26. The van der Waals surface area contributed by atoms with E-state index in [-0.39, 0.29) is 30.0 Å². The van der Waals surface area contributed by atoms with Gasteiger partial charge < -0.3 is 19.3 Å². The molecule has 2 saturated heterocycles. The Morgan fingerprint density at radius 2 is 1.69 bits per heavy atom. The number of nitrogens with zero attached hydrogens (tertiary/aromatic N) is 2. The number of rotatable bonds is 3. The van der Waals surface area contributed by atoms with Crippen molar-refractivity contribution in [3.8, 4) is 0 Å². The predicted octanol–water partition coefficient (Wildman–Crippen LogP) is 2.60. The lowest BCUT2D eigenvalue weighted by Crippen LogP contribution is -2.52. The number of hydrogen-bond donors (Lipinski definition) is 0. The Bertz CT molecular complexity index is 1020. The average molecular weight is 434 g/mol. The van der Waals surface area contributed by atoms with Crippen molar-refractivity contribution in [3.05, 3.63) is 70.8 Å². The third-order valence-electron chi connectivity index (χ3n) is 6.48. The standard InChI is InChI=1S/C25H26N2O5/c28-23(26-10-12-27(13-11-26)24(29)21-7-4-14-31-21)18-8-9-20-19(15-18)16-22(32-25(20)30)17-5-2-1-3-6-17/h1-3,5-6,8-9,15,21-22H,4,7,10-14,16H2/t21-,22-/m1/s1. The van der Waals surface area contributed by atoms with Gasteiger partial charge in [-0.2, -0.15) is 0 Å². The van der Waals surface area contributed by atoms with Crippen LogP contribution in [0.2, 0.25) is 0 Å². The molecule has 0 saturated carbocycles. The monoisotopic (exact) mass is 434 g/mol. The molecule has 0 aliphatic carbocycles. The van der Waals surface area contributed by atoms with Gasteiger partial charge in [-0.15, -0.1) is 0 Å². The van der Waals surface area contributed by atoms with E-state index in [1.54, 1.807) is 21.9 Å². The van der Waals surface area contributed by atoms with Gasteiger partial charge in [0.1, 0.15) is 12.2 Å². The number of cyclic esters (lactones) is 1. The molecule has 2 atom stereocenters. The molecule has 3 aliphatic rings. The maximum absolute atomic E-state index is 13.1. The highest BCUT2D eigenvalue weighted by molar-refractivity contribution is 5.98. The fourth-order valence-corrected chi connectivity index (χ4v) is 4.67. The number of benzene rings is 2. The van der Waals surface area contributed by atoms with E-state index in [4.69, 9.17) is 9.47 Å². The number of amides is 2. The van der Waals surface area contributed by atoms with E-state index in [0.717, 1.165) is 24.0 Å². The highest BCUT2D eigenvalue weighted by Gasteiger charge is 2.32. The molecular weight excluding hydrogens is 408 g/mol. The van der Waals surface area contributed by atoms with Crippen LogP contribution in [0.3, 0.4) is 0 Å². The van der Waals surface area contributed by atoms with Gasteiger partial charge in [0, 0.05) is 44.8 Å². The second-order valence-corrected chi connectivity index (χ2v) is 8.50. The third kappa shape index (κ3) is 4.00. The van der Waals surface area contributed by atoms with Crippen LogP contribution in [-0.4, -0.2) is 66.5 Å². The summed E-state index contributed by atoms with van der Waals surface area (Å²) in [6.45, 7) is 2.65. The Kier molecular flexibility index (Phi) is 5.66. The van der Waals surface area contributed by atoms with E-state index in [0.29, 0.717) is 50.3 Å². The first-order chi connectivity index (χ1) is 15.6. The largest absolute Gasteiger partial charge is 0.454 e. The Labute approximate surface area is 186 Å². The SMILES string of the molecule is O=C1O[C@@H](c2ccccc2)Cc2cc(C(=O)N3CCN(C(=O)[C@H]4CCCO4)CC3)ccc21. The molecule has 32 heavy (non-hydrogen) atoms. The summed E-state index contributed by atoms with van der Waals surface area (Å²) >= 11 is 0. The molecule has 7 heteroatoms. The van der Waals surface area contributed by atoms with E-state index >= 15 is 0 Å². The van der Waals surface area contributed by atoms with E-state index in [9.17, 15) is 14.4 Å². The highest BCUT2D eigenvalue weighted by atomic mass is 16.5. The van der Waals surface area contributed by atoms with Gasteiger partial charge in [-0.25, -0.2) is 4.79 Å². The summed E-state index contributed by atoms with van der Waals surface area (Å²) in [4.78, 5) is 41.7. The highest BCUT2D eigenvalue weighted by Crippen LogP contribution is 2.31. The van der Waals surface area contributed by atoms with Crippen molar-refractivity contribution in [2.75, 3.05) is 32.8 Å². The Morgan fingerprint density at radius 3 is 2.41 bits per heavy atom. The van der Waals surface area contributed by atoms with Crippen molar-refractivity contribution >= 4 is 17.8 Å². The Morgan fingerprint density at radius 1 is 0.938 bits per heavy atom.